The summed E-state index contributed by atoms with van der Waals surface area (Å²) < 4.78 is 21.1. The molecule has 38 heavy (non-hydrogen) atoms. The summed E-state index contributed by atoms with van der Waals surface area (Å²) in [7, 11) is 5.85. The first-order valence-electron chi connectivity index (χ1n) is 12.0. The van der Waals surface area contributed by atoms with E-state index in [1.165, 1.54) is 25.6 Å². The minimum Gasteiger partial charge on any atom is -0.493 e. The first-order chi connectivity index (χ1) is 18.2. The van der Waals surface area contributed by atoms with E-state index < -0.39 is 23.8 Å². The predicted molar refractivity (Wildman–Crippen MR) is 147 cm³/mol. The topological polar surface area (TPSA) is 96.3 Å². The molecular weight excluding hydrogens is 504 g/mol. The number of ether oxygens (including phenoxy) is 4. The molecule has 0 amide bonds. The Bertz CT molecular complexity index is 1450. The average Bonchev–Trinajstić information content (AvgIpc) is 3.32. The molecule has 3 aromatic rings. The lowest BCUT2D eigenvalue weighted by molar-refractivity contribution is -0.143. The van der Waals surface area contributed by atoms with Gasteiger partial charge in [-0.25, -0.2) is 9.78 Å². The molecular formula is C29H30N2O6S. The van der Waals surface area contributed by atoms with Crippen molar-refractivity contribution in [2.24, 2.45) is 10.9 Å². The highest BCUT2D eigenvalue weighted by atomic mass is 32.1. The average molecular weight is 535 g/mol. The Morgan fingerprint density at radius 1 is 0.895 bits per heavy atom. The number of carbonyl (C=O) groups is 2. The molecule has 2 atom stereocenters. The highest BCUT2D eigenvalue weighted by Gasteiger charge is 2.43. The molecule has 2 unspecified atom stereocenters. The van der Waals surface area contributed by atoms with Gasteiger partial charge in [0.2, 0.25) is 0 Å². The number of thiazole rings is 1. The van der Waals surface area contributed by atoms with Crippen LogP contribution >= 0.6 is 11.3 Å². The van der Waals surface area contributed by atoms with E-state index in [1.807, 2.05) is 49.4 Å². The van der Waals surface area contributed by atoms with Crippen LogP contribution in [0.15, 0.2) is 58.7 Å². The third-order valence-corrected chi connectivity index (χ3v) is 7.67. The van der Waals surface area contributed by atoms with Gasteiger partial charge in [-0.2, -0.15) is 0 Å². The second-order valence-corrected chi connectivity index (χ2v) is 10.0. The maximum absolute atomic E-state index is 13.0. The number of rotatable bonds is 7. The van der Waals surface area contributed by atoms with Crippen molar-refractivity contribution in [1.82, 2.24) is 4.98 Å². The van der Waals surface area contributed by atoms with E-state index >= 15 is 0 Å². The van der Waals surface area contributed by atoms with Crippen LogP contribution in [-0.4, -0.2) is 51.1 Å². The van der Waals surface area contributed by atoms with Crippen molar-refractivity contribution in [3.8, 4) is 33.3 Å². The molecule has 1 aliphatic rings. The molecule has 2 aromatic carbocycles. The Kier molecular flexibility index (Phi) is 7.97. The van der Waals surface area contributed by atoms with E-state index in [1.54, 1.807) is 28.1 Å². The van der Waals surface area contributed by atoms with Crippen molar-refractivity contribution in [2.45, 2.75) is 26.7 Å². The number of aryl methyl sites for hydroxylation is 1. The predicted octanol–water partition coefficient (Wildman–Crippen LogP) is 5.60. The van der Waals surface area contributed by atoms with E-state index in [-0.39, 0.29) is 0 Å². The minimum atomic E-state index is -0.787. The molecule has 198 valence electrons. The minimum absolute atomic E-state index is 0.328. The van der Waals surface area contributed by atoms with Gasteiger partial charge in [-0.15, -0.1) is 11.3 Å². The summed E-state index contributed by atoms with van der Waals surface area (Å²) >= 11 is 1.53. The van der Waals surface area contributed by atoms with Crippen molar-refractivity contribution in [3.05, 3.63) is 64.2 Å². The maximum Gasteiger partial charge on any atom is 0.336 e. The lowest BCUT2D eigenvalue weighted by Crippen LogP contribution is -2.36. The summed E-state index contributed by atoms with van der Waals surface area (Å²) in [4.78, 5) is 36.5. The maximum atomic E-state index is 13.0. The number of allylic oxidation sites excluding steroid dienone is 1. The number of nitrogens with zero attached hydrogens (tertiary/aromatic N) is 2. The van der Waals surface area contributed by atoms with E-state index in [0.29, 0.717) is 28.5 Å². The summed E-state index contributed by atoms with van der Waals surface area (Å²) in [6.45, 7) is 5.54. The Balaban J connectivity index is 1.89. The van der Waals surface area contributed by atoms with Gasteiger partial charge < -0.3 is 18.9 Å². The number of esters is 2. The molecule has 0 N–H and O–H groups in total. The van der Waals surface area contributed by atoms with Gasteiger partial charge >= 0.3 is 11.9 Å². The third-order valence-electron chi connectivity index (χ3n) is 6.67. The van der Waals surface area contributed by atoms with Crippen molar-refractivity contribution < 1.29 is 28.5 Å². The summed E-state index contributed by atoms with van der Waals surface area (Å²) in [5.41, 5.74) is 4.69. The fourth-order valence-electron chi connectivity index (χ4n) is 4.91. The number of carbonyl (C=O) groups excluding carboxylic acids is 2. The summed E-state index contributed by atoms with van der Waals surface area (Å²) in [6.07, 6.45) is 0. The van der Waals surface area contributed by atoms with E-state index in [4.69, 9.17) is 23.9 Å². The number of methoxy groups -OCH3 is 4. The Morgan fingerprint density at radius 3 is 2.26 bits per heavy atom. The largest absolute Gasteiger partial charge is 0.493 e. The molecule has 0 aliphatic carbocycles. The molecule has 9 heteroatoms. The Hall–Kier alpha value is -3.98. The van der Waals surface area contributed by atoms with Crippen LogP contribution in [0.4, 0.5) is 0 Å². The number of hydrogen-bond donors (Lipinski definition) is 0. The third kappa shape index (κ3) is 4.81. The first kappa shape index (κ1) is 27.1. The van der Waals surface area contributed by atoms with Gasteiger partial charge in [0.1, 0.15) is 10.9 Å². The quantitative estimate of drug-likeness (QED) is 0.364. The van der Waals surface area contributed by atoms with Gasteiger partial charge in [-0.3, -0.25) is 9.79 Å². The van der Waals surface area contributed by atoms with Crippen LogP contribution in [0.2, 0.25) is 0 Å². The number of benzene rings is 2. The van der Waals surface area contributed by atoms with E-state index in [0.717, 1.165) is 32.3 Å². The molecule has 0 bridgehead atoms. The Labute approximate surface area is 225 Å². The molecule has 0 saturated carbocycles. The van der Waals surface area contributed by atoms with Crippen LogP contribution in [0.25, 0.3) is 21.8 Å². The zero-order valence-corrected chi connectivity index (χ0v) is 23.3. The number of aromatic nitrogens is 1. The monoisotopic (exact) mass is 534 g/mol. The van der Waals surface area contributed by atoms with Crippen LogP contribution < -0.4 is 9.47 Å². The standard InChI is InChI=1S/C29H30N2O6S/c1-15-23(28(32)36-6)25(24(16(2)30-15)29(33)37-7)19-10-8-9-11-20(19)27-31-26(17(3)38-27)18-12-13-21(34-4)22(14-18)35-5/h8-14,23,25H,1-7H3. The smallest absolute Gasteiger partial charge is 0.336 e. The van der Waals surface area contributed by atoms with Crippen LogP contribution in [-0.2, 0) is 19.1 Å². The van der Waals surface area contributed by atoms with Crippen LogP contribution in [0.5, 0.6) is 11.5 Å². The molecule has 4 rings (SSSR count). The fraction of sp³-hybridized carbons (Fsp3) is 0.310. The molecule has 8 nitrogen and oxygen atoms in total. The van der Waals surface area contributed by atoms with E-state index in [9.17, 15) is 9.59 Å². The second kappa shape index (κ2) is 11.2. The molecule has 2 heterocycles. The SMILES string of the molecule is COC(=O)C1=C(C)N=C(C)C(C(=O)OC)C1c1ccccc1-c1nc(-c2ccc(OC)c(OC)c2)c(C)s1. The van der Waals surface area contributed by atoms with Gasteiger partial charge in [0.15, 0.2) is 11.5 Å². The van der Waals surface area contributed by atoms with E-state index in [2.05, 4.69) is 4.99 Å². The number of hydrogen-bond acceptors (Lipinski definition) is 9. The van der Waals surface area contributed by atoms with Crippen molar-refractivity contribution in [2.75, 3.05) is 28.4 Å². The molecule has 0 radical (unpaired) electrons. The zero-order valence-electron chi connectivity index (χ0n) is 22.4. The lowest BCUT2D eigenvalue weighted by Gasteiger charge is -2.32. The molecule has 1 aromatic heterocycles. The Morgan fingerprint density at radius 2 is 1.61 bits per heavy atom. The highest BCUT2D eigenvalue weighted by molar-refractivity contribution is 7.15. The van der Waals surface area contributed by atoms with Crippen LogP contribution in [0.3, 0.4) is 0 Å². The van der Waals surface area contributed by atoms with Gasteiger partial charge in [-0.05, 0) is 44.5 Å². The molecule has 0 saturated heterocycles. The van der Waals surface area contributed by atoms with Crippen molar-refractivity contribution >= 4 is 29.0 Å². The zero-order chi connectivity index (χ0) is 27.6. The lowest BCUT2D eigenvalue weighted by atomic mass is 9.74. The van der Waals surface area contributed by atoms with Gasteiger partial charge in [-0.1, -0.05) is 24.3 Å². The molecule has 1 aliphatic heterocycles. The van der Waals surface area contributed by atoms with Gasteiger partial charge in [0, 0.05) is 33.3 Å². The number of aliphatic imine (C=N–C) groups is 1. The summed E-state index contributed by atoms with van der Waals surface area (Å²) in [5, 5.41) is 0.758. The normalized spacial score (nSPS) is 17.1. The van der Waals surface area contributed by atoms with Crippen molar-refractivity contribution in [1.29, 1.82) is 0 Å². The summed E-state index contributed by atoms with van der Waals surface area (Å²) in [6, 6.07) is 13.3. The summed E-state index contributed by atoms with van der Waals surface area (Å²) in [5.74, 6) is -1.20. The fourth-order valence-corrected chi connectivity index (χ4v) is 5.89. The highest BCUT2D eigenvalue weighted by Crippen LogP contribution is 2.45. The first-order valence-corrected chi connectivity index (χ1v) is 12.8. The van der Waals surface area contributed by atoms with Gasteiger partial charge in [0.25, 0.3) is 0 Å². The second-order valence-electron chi connectivity index (χ2n) is 8.80. The molecule has 0 fully saturated rings. The van der Waals surface area contributed by atoms with Crippen LogP contribution in [0.1, 0.15) is 30.2 Å². The van der Waals surface area contributed by atoms with Gasteiger partial charge in [0.05, 0.1) is 39.7 Å². The van der Waals surface area contributed by atoms with Crippen LogP contribution in [0, 0.1) is 12.8 Å². The molecule has 0 spiro atoms. The van der Waals surface area contributed by atoms with Crippen molar-refractivity contribution in [3.63, 3.8) is 0 Å².